The Morgan fingerprint density at radius 3 is 2.62 bits per heavy atom. The summed E-state index contributed by atoms with van der Waals surface area (Å²) in [6.45, 7) is 6.37. The Morgan fingerprint density at radius 2 is 2.19 bits per heavy atom. The summed E-state index contributed by atoms with van der Waals surface area (Å²) in [6.07, 6.45) is 2.37. The third-order valence-electron chi connectivity index (χ3n) is 1.86. The Kier molecular flexibility index (Phi) is 3.34. The lowest BCUT2D eigenvalue weighted by Gasteiger charge is -2.00. The van der Waals surface area contributed by atoms with E-state index >= 15 is 0 Å². The van der Waals surface area contributed by atoms with Crippen LogP contribution in [-0.4, -0.2) is 9.91 Å². The molecule has 0 N–H and O–H groups in total. The van der Waals surface area contributed by atoms with Gasteiger partial charge in [0, 0.05) is 13.0 Å². The monoisotopic (exact) mass is 222 g/mol. The summed E-state index contributed by atoms with van der Waals surface area (Å²) in [5.74, 6) is 0.174. The van der Waals surface area contributed by atoms with Gasteiger partial charge in [0.1, 0.15) is 0 Å². The van der Waals surface area contributed by atoms with Crippen LogP contribution in [0, 0.1) is 24.0 Å². The van der Waals surface area contributed by atoms with Crippen LogP contribution in [0.3, 0.4) is 0 Å². The SMILES string of the molecule is C=C/C=C(\c1c(C)nc(C)oc1=O)[N+](=O)[O-]. The van der Waals surface area contributed by atoms with Crippen LogP contribution in [0.1, 0.15) is 17.1 Å². The maximum absolute atomic E-state index is 11.5. The molecule has 1 aromatic heterocycles. The first kappa shape index (κ1) is 11.8. The molecule has 0 saturated heterocycles. The lowest BCUT2D eigenvalue weighted by molar-refractivity contribution is -0.375. The lowest BCUT2D eigenvalue weighted by Crippen LogP contribution is -2.15. The van der Waals surface area contributed by atoms with Crippen LogP contribution in [0.4, 0.5) is 0 Å². The number of hydrogen-bond donors (Lipinski definition) is 0. The van der Waals surface area contributed by atoms with E-state index in [1.54, 1.807) is 0 Å². The normalized spacial score (nSPS) is 11.2. The Hall–Kier alpha value is -2.24. The number of hydrogen-bond acceptors (Lipinski definition) is 5. The Labute approximate surface area is 91.1 Å². The van der Waals surface area contributed by atoms with Gasteiger partial charge in [-0.05, 0) is 6.92 Å². The smallest absolute Gasteiger partial charge is 0.353 e. The molecule has 1 aromatic rings. The van der Waals surface area contributed by atoms with Gasteiger partial charge >= 0.3 is 5.63 Å². The standard InChI is InChI=1S/C10H10N2O4/c1-4-5-8(12(14)15)9-6(2)11-7(3)16-10(9)13/h4-5H,1H2,2-3H3/b8-5+. The maximum atomic E-state index is 11.5. The number of nitro groups is 1. The Bertz CT molecular complexity index is 528. The van der Waals surface area contributed by atoms with Crippen molar-refractivity contribution in [2.24, 2.45) is 0 Å². The predicted molar refractivity (Wildman–Crippen MR) is 57.4 cm³/mol. The van der Waals surface area contributed by atoms with E-state index in [-0.39, 0.29) is 22.8 Å². The molecule has 0 aliphatic rings. The van der Waals surface area contributed by atoms with Gasteiger partial charge in [0.25, 0.3) is 5.70 Å². The molecule has 0 aliphatic heterocycles. The molecular weight excluding hydrogens is 212 g/mol. The van der Waals surface area contributed by atoms with Crippen molar-refractivity contribution in [1.82, 2.24) is 4.98 Å². The molecule has 16 heavy (non-hydrogen) atoms. The molecule has 0 aliphatic carbocycles. The third kappa shape index (κ3) is 2.22. The largest absolute Gasteiger partial charge is 0.408 e. The van der Waals surface area contributed by atoms with Crippen molar-refractivity contribution in [3.8, 4) is 0 Å². The van der Waals surface area contributed by atoms with Crippen molar-refractivity contribution in [3.63, 3.8) is 0 Å². The van der Waals surface area contributed by atoms with Gasteiger partial charge in [0.05, 0.1) is 10.6 Å². The Morgan fingerprint density at radius 1 is 1.56 bits per heavy atom. The molecule has 0 saturated carbocycles. The molecule has 1 rings (SSSR count). The molecule has 0 unspecified atom stereocenters. The second kappa shape index (κ2) is 4.52. The van der Waals surface area contributed by atoms with Crippen LogP contribution < -0.4 is 5.63 Å². The molecule has 0 amide bonds. The van der Waals surface area contributed by atoms with Gasteiger partial charge < -0.3 is 4.42 Å². The van der Waals surface area contributed by atoms with Crippen LogP contribution in [0.15, 0.2) is 27.9 Å². The molecule has 6 heteroatoms. The van der Waals surface area contributed by atoms with E-state index in [0.29, 0.717) is 0 Å². The zero-order valence-electron chi connectivity index (χ0n) is 8.89. The summed E-state index contributed by atoms with van der Waals surface area (Å²) in [5.41, 5.74) is -1.02. The summed E-state index contributed by atoms with van der Waals surface area (Å²) in [6, 6.07) is 0. The highest BCUT2D eigenvalue weighted by molar-refractivity contribution is 5.60. The van der Waals surface area contributed by atoms with Crippen LogP contribution in [0.5, 0.6) is 0 Å². The van der Waals surface area contributed by atoms with Gasteiger partial charge in [-0.2, -0.15) is 0 Å². The first-order chi connectivity index (χ1) is 7.47. The highest BCUT2D eigenvalue weighted by atomic mass is 16.6. The number of allylic oxidation sites excluding steroid dienone is 2. The quantitative estimate of drug-likeness (QED) is 0.439. The van der Waals surface area contributed by atoms with Gasteiger partial charge in [-0.1, -0.05) is 12.7 Å². The van der Waals surface area contributed by atoms with E-state index in [9.17, 15) is 14.9 Å². The number of aromatic nitrogens is 1. The molecule has 0 fully saturated rings. The highest BCUT2D eigenvalue weighted by Gasteiger charge is 2.22. The van der Waals surface area contributed by atoms with Gasteiger partial charge in [0.2, 0.25) is 0 Å². The molecule has 0 atom stereocenters. The summed E-state index contributed by atoms with van der Waals surface area (Å²) in [4.78, 5) is 25.5. The van der Waals surface area contributed by atoms with Gasteiger partial charge in [-0.15, -0.1) is 0 Å². The molecule has 0 bridgehead atoms. The average Bonchev–Trinajstić information content (AvgIpc) is 2.14. The van der Waals surface area contributed by atoms with Crippen LogP contribution in [0.25, 0.3) is 5.70 Å². The molecular formula is C10H10N2O4. The second-order valence-electron chi connectivity index (χ2n) is 3.03. The Balaban J connectivity index is 3.54. The molecule has 6 nitrogen and oxygen atoms in total. The molecule has 1 heterocycles. The molecule has 84 valence electrons. The molecule has 0 radical (unpaired) electrons. The summed E-state index contributed by atoms with van der Waals surface area (Å²) >= 11 is 0. The second-order valence-corrected chi connectivity index (χ2v) is 3.03. The minimum Gasteiger partial charge on any atom is -0.408 e. The van der Waals surface area contributed by atoms with E-state index in [1.165, 1.54) is 19.9 Å². The molecule has 0 spiro atoms. The summed E-state index contributed by atoms with van der Waals surface area (Å²) < 4.78 is 4.72. The fourth-order valence-electron chi connectivity index (χ4n) is 1.28. The zero-order valence-corrected chi connectivity index (χ0v) is 8.89. The van der Waals surface area contributed by atoms with Crippen molar-refractivity contribution in [2.45, 2.75) is 13.8 Å². The minimum absolute atomic E-state index is 0.143. The van der Waals surface area contributed by atoms with Gasteiger partial charge in [-0.25, -0.2) is 9.78 Å². The summed E-state index contributed by atoms with van der Waals surface area (Å²) in [5, 5.41) is 10.8. The molecule has 0 aromatic carbocycles. The van der Waals surface area contributed by atoms with E-state index < -0.39 is 10.5 Å². The minimum atomic E-state index is -0.769. The van der Waals surface area contributed by atoms with Crippen molar-refractivity contribution >= 4 is 5.70 Å². The fourth-order valence-corrected chi connectivity index (χ4v) is 1.28. The predicted octanol–water partition coefficient (Wildman–Crippen LogP) is 1.46. The van der Waals surface area contributed by atoms with E-state index in [0.717, 1.165) is 6.08 Å². The van der Waals surface area contributed by atoms with E-state index in [1.807, 2.05) is 0 Å². The first-order valence-corrected chi connectivity index (χ1v) is 4.43. The average molecular weight is 222 g/mol. The van der Waals surface area contributed by atoms with Crippen LogP contribution in [-0.2, 0) is 0 Å². The third-order valence-corrected chi connectivity index (χ3v) is 1.86. The van der Waals surface area contributed by atoms with Crippen LogP contribution >= 0.6 is 0 Å². The van der Waals surface area contributed by atoms with E-state index in [4.69, 9.17) is 4.42 Å². The highest BCUT2D eigenvalue weighted by Crippen LogP contribution is 2.14. The van der Waals surface area contributed by atoms with Crippen molar-refractivity contribution in [3.05, 3.63) is 56.4 Å². The maximum Gasteiger partial charge on any atom is 0.353 e. The topological polar surface area (TPSA) is 86.2 Å². The van der Waals surface area contributed by atoms with E-state index in [2.05, 4.69) is 11.6 Å². The van der Waals surface area contributed by atoms with Gasteiger partial charge in [0.15, 0.2) is 11.5 Å². The first-order valence-electron chi connectivity index (χ1n) is 4.43. The van der Waals surface area contributed by atoms with Crippen molar-refractivity contribution < 1.29 is 9.34 Å². The number of nitrogens with zero attached hydrogens (tertiary/aromatic N) is 2. The number of aryl methyl sites for hydroxylation is 2. The lowest BCUT2D eigenvalue weighted by atomic mass is 10.2. The number of rotatable bonds is 3. The zero-order chi connectivity index (χ0) is 12.3. The van der Waals surface area contributed by atoms with Crippen molar-refractivity contribution in [1.29, 1.82) is 0 Å². The van der Waals surface area contributed by atoms with Crippen molar-refractivity contribution in [2.75, 3.05) is 0 Å². The summed E-state index contributed by atoms with van der Waals surface area (Å²) in [7, 11) is 0. The van der Waals surface area contributed by atoms with Crippen LogP contribution in [0.2, 0.25) is 0 Å². The fraction of sp³-hybridized carbons (Fsp3) is 0.200. The van der Waals surface area contributed by atoms with Gasteiger partial charge in [-0.3, -0.25) is 10.1 Å².